The minimum Gasteiger partial charge on any atom is -0.497 e. The summed E-state index contributed by atoms with van der Waals surface area (Å²) in [6, 6.07) is 12.4. The van der Waals surface area contributed by atoms with Crippen molar-refractivity contribution in [1.82, 2.24) is 10.2 Å². The molecular formula is C19H20N4O4. The Hall–Kier alpha value is -3.55. The van der Waals surface area contributed by atoms with Crippen LogP contribution in [0.15, 0.2) is 46.9 Å². The molecule has 0 aliphatic rings. The molecule has 8 nitrogen and oxygen atoms in total. The quantitative estimate of drug-likeness (QED) is 0.715. The maximum absolute atomic E-state index is 12.3. The number of hydrogen-bond donors (Lipinski definition) is 1. The molecule has 140 valence electrons. The first-order chi connectivity index (χ1) is 13.0. The maximum Gasteiger partial charge on any atom is 0.322 e. The van der Waals surface area contributed by atoms with Crippen molar-refractivity contribution in [2.24, 2.45) is 0 Å². The van der Waals surface area contributed by atoms with E-state index in [-0.39, 0.29) is 17.8 Å². The molecule has 0 unspecified atom stereocenters. The highest BCUT2D eigenvalue weighted by Crippen LogP contribution is 2.29. The number of nitrogens with one attached hydrogen (secondary N) is 1. The number of carbonyl (C=O) groups is 1. The van der Waals surface area contributed by atoms with Crippen molar-refractivity contribution in [2.75, 3.05) is 38.5 Å². The molecule has 0 aliphatic carbocycles. The normalized spacial score (nSPS) is 10.4. The summed E-state index contributed by atoms with van der Waals surface area (Å²) in [6.45, 7) is 0. The number of carbonyl (C=O) groups excluding carboxylic acids is 1. The highest BCUT2D eigenvalue weighted by atomic mass is 16.5. The summed E-state index contributed by atoms with van der Waals surface area (Å²) >= 11 is 0. The Bertz CT molecular complexity index is 913. The third kappa shape index (κ3) is 4.17. The summed E-state index contributed by atoms with van der Waals surface area (Å²) in [5.41, 5.74) is 2.11. The number of benzene rings is 2. The first-order valence-corrected chi connectivity index (χ1v) is 8.16. The molecule has 0 atom stereocenters. The van der Waals surface area contributed by atoms with Gasteiger partial charge in [0, 0.05) is 37.0 Å². The third-order valence-corrected chi connectivity index (χ3v) is 3.89. The van der Waals surface area contributed by atoms with Crippen LogP contribution in [0.25, 0.3) is 11.5 Å². The molecule has 1 heterocycles. The second kappa shape index (κ2) is 7.77. The van der Waals surface area contributed by atoms with Gasteiger partial charge in [0.15, 0.2) is 0 Å². The molecule has 2 aromatic carbocycles. The summed E-state index contributed by atoms with van der Waals surface area (Å²) in [7, 11) is 6.98. The Morgan fingerprint density at radius 3 is 2.19 bits per heavy atom. The van der Waals surface area contributed by atoms with Crippen molar-refractivity contribution in [2.45, 2.75) is 0 Å². The van der Waals surface area contributed by atoms with E-state index >= 15 is 0 Å². The lowest BCUT2D eigenvalue weighted by Crippen LogP contribution is -2.13. The van der Waals surface area contributed by atoms with E-state index in [1.54, 1.807) is 44.6 Å². The summed E-state index contributed by atoms with van der Waals surface area (Å²) in [5, 5.41) is 10.4. The van der Waals surface area contributed by atoms with Crippen LogP contribution in [0, 0.1) is 0 Å². The summed E-state index contributed by atoms with van der Waals surface area (Å²) in [6.07, 6.45) is 0. The molecule has 0 saturated carbocycles. The minimum absolute atomic E-state index is 0.00785. The van der Waals surface area contributed by atoms with Crippen molar-refractivity contribution in [3.63, 3.8) is 0 Å². The second-order valence-electron chi connectivity index (χ2n) is 5.91. The van der Waals surface area contributed by atoms with Crippen LogP contribution in [0.2, 0.25) is 0 Å². The number of ether oxygens (including phenoxy) is 2. The number of aromatic nitrogens is 2. The van der Waals surface area contributed by atoms with E-state index in [1.165, 1.54) is 0 Å². The fourth-order valence-electron chi connectivity index (χ4n) is 2.40. The first-order valence-electron chi connectivity index (χ1n) is 8.16. The summed E-state index contributed by atoms with van der Waals surface area (Å²) < 4.78 is 16.0. The molecule has 0 saturated heterocycles. The fourth-order valence-corrected chi connectivity index (χ4v) is 2.40. The lowest BCUT2D eigenvalue weighted by atomic mass is 10.2. The smallest absolute Gasteiger partial charge is 0.322 e. The molecule has 0 aliphatic heterocycles. The zero-order chi connectivity index (χ0) is 19.4. The molecule has 0 spiro atoms. The zero-order valence-corrected chi connectivity index (χ0v) is 15.5. The molecule has 3 aromatic rings. The predicted molar refractivity (Wildman–Crippen MR) is 102 cm³/mol. The average Bonchev–Trinajstić information content (AvgIpc) is 3.16. The lowest BCUT2D eigenvalue weighted by Gasteiger charge is -2.12. The number of methoxy groups -OCH3 is 2. The predicted octanol–water partition coefficient (Wildman–Crippen LogP) is 3.07. The van der Waals surface area contributed by atoms with E-state index in [0.29, 0.717) is 22.6 Å². The van der Waals surface area contributed by atoms with Crippen LogP contribution in [0.3, 0.4) is 0 Å². The topological polar surface area (TPSA) is 89.7 Å². The number of nitrogens with zero attached hydrogens (tertiary/aromatic N) is 3. The number of amides is 1. The van der Waals surface area contributed by atoms with Gasteiger partial charge >= 0.3 is 6.01 Å². The first kappa shape index (κ1) is 18.2. The maximum atomic E-state index is 12.3. The van der Waals surface area contributed by atoms with Gasteiger partial charge in [-0.15, -0.1) is 5.10 Å². The van der Waals surface area contributed by atoms with Gasteiger partial charge in [-0.2, -0.15) is 0 Å². The molecule has 27 heavy (non-hydrogen) atoms. The van der Waals surface area contributed by atoms with Gasteiger partial charge in [0.1, 0.15) is 11.5 Å². The number of rotatable bonds is 6. The molecular weight excluding hydrogens is 348 g/mol. The van der Waals surface area contributed by atoms with Gasteiger partial charge in [0.25, 0.3) is 5.91 Å². The molecule has 0 radical (unpaired) electrons. The van der Waals surface area contributed by atoms with E-state index < -0.39 is 0 Å². The Balaban J connectivity index is 1.77. The van der Waals surface area contributed by atoms with Crippen molar-refractivity contribution in [1.29, 1.82) is 0 Å². The Morgan fingerprint density at radius 2 is 1.63 bits per heavy atom. The Kier molecular flexibility index (Phi) is 5.25. The van der Waals surface area contributed by atoms with Crippen LogP contribution in [0.5, 0.6) is 11.5 Å². The second-order valence-corrected chi connectivity index (χ2v) is 5.91. The third-order valence-electron chi connectivity index (χ3n) is 3.89. The van der Waals surface area contributed by atoms with Crippen LogP contribution in [-0.2, 0) is 0 Å². The van der Waals surface area contributed by atoms with Gasteiger partial charge in [-0.1, -0.05) is 5.10 Å². The van der Waals surface area contributed by atoms with Gasteiger partial charge in [-0.3, -0.25) is 10.1 Å². The Labute approximate surface area is 156 Å². The van der Waals surface area contributed by atoms with Gasteiger partial charge in [0.05, 0.1) is 14.2 Å². The van der Waals surface area contributed by atoms with Crippen molar-refractivity contribution in [3.8, 4) is 23.0 Å². The number of hydrogen-bond acceptors (Lipinski definition) is 7. The molecule has 1 amide bonds. The van der Waals surface area contributed by atoms with Crippen molar-refractivity contribution in [3.05, 3.63) is 48.0 Å². The van der Waals surface area contributed by atoms with E-state index in [0.717, 1.165) is 5.69 Å². The number of anilines is 2. The molecule has 0 bridgehead atoms. The fraction of sp³-hybridized carbons (Fsp3) is 0.211. The van der Waals surface area contributed by atoms with Gasteiger partial charge in [0.2, 0.25) is 5.89 Å². The molecule has 1 aromatic heterocycles. The van der Waals surface area contributed by atoms with Crippen molar-refractivity contribution >= 4 is 17.6 Å². The monoisotopic (exact) mass is 368 g/mol. The van der Waals surface area contributed by atoms with E-state index in [4.69, 9.17) is 13.9 Å². The average molecular weight is 368 g/mol. The summed E-state index contributed by atoms with van der Waals surface area (Å²) in [4.78, 5) is 14.3. The van der Waals surface area contributed by atoms with E-state index in [2.05, 4.69) is 15.5 Å². The largest absolute Gasteiger partial charge is 0.497 e. The van der Waals surface area contributed by atoms with Gasteiger partial charge in [-0.25, -0.2) is 0 Å². The highest BCUT2D eigenvalue weighted by Gasteiger charge is 2.14. The molecule has 8 heteroatoms. The Morgan fingerprint density at radius 1 is 1.00 bits per heavy atom. The minimum atomic E-state index is -0.335. The van der Waals surface area contributed by atoms with Crippen LogP contribution in [-0.4, -0.2) is 44.4 Å². The molecule has 0 fully saturated rings. The standard InChI is InChI=1S/C19H20N4O4/c1-23(2)14-7-5-12(6-8-14)17(24)20-19-22-21-18(27-19)13-9-15(25-3)11-16(10-13)26-4/h5-11H,1-4H3,(H,20,22,24). The SMILES string of the molecule is COc1cc(OC)cc(-c2nnc(NC(=O)c3ccc(N(C)C)cc3)o2)c1. The summed E-state index contributed by atoms with van der Waals surface area (Å²) in [5.74, 6) is 1.09. The van der Waals surface area contributed by atoms with Gasteiger partial charge < -0.3 is 18.8 Å². The van der Waals surface area contributed by atoms with Gasteiger partial charge in [-0.05, 0) is 36.4 Å². The molecule has 3 rings (SSSR count). The van der Waals surface area contributed by atoms with Crippen LogP contribution in [0.1, 0.15) is 10.4 Å². The lowest BCUT2D eigenvalue weighted by molar-refractivity contribution is 0.102. The van der Waals surface area contributed by atoms with Crippen LogP contribution in [0.4, 0.5) is 11.7 Å². The highest BCUT2D eigenvalue weighted by molar-refractivity contribution is 6.03. The van der Waals surface area contributed by atoms with Crippen LogP contribution >= 0.6 is 0 Å². The zero-order valence-electron chi connectivity index (χ0n) is 15.5. The van der Waals surface area contributed by atoms with E-state index in [9.17, 15) is 4.79 Å². The molecule has 1 N–H and O–H groups in total. The van der Waals surface area contributed by atoms with Crippen molar-refractivity contribution < 1.29 is 18.7 Å². The van der Waals surface area contributed by atoms with Crippen LogP contribution < -0.4 is 19.7 Å². The van der Waals surface area contributed by atoms with E-state index in [1.807, 2.05) is 31.1 Å².